The fraction of sp³-hybridized carbons (Fsp3) is 0.345. The molecule has 0 radical (unpaired) electrons. The fourth-order valence-corrected chi connectivity index (χ4v) is 6.79. The maximum Gasteiger partial charge on any atom is 0.404 e. The van der Waals surface area contributed by atoms with Crippen molar-refractivity contribution >= 4 is 50.4 Å². The highest BCUT2D eigenvalue weighted by molar-refractivity contribution is 7.92. The Labute approximate surface area is 249 Å². The van der Waals surface area contributed by atoms with Gasteiger partial charge in [0.05, 0.1) is 16.2 Å². The molecule has 1 saturated carbocycles. The minimum Gasteiger partial charge on any atom is -0.465 e. The predicted octanol–water partition coefficient (Wildman–Crippen LogP) is 5.66. The predicted molar refractivity (Wildman–Crippen MR) is 162 cm³/mol. The Morgan fingerprint density at radius 2 is 1.71 bits per heavy atom. The zero-order valence-corrected chi connectivity index (χ0v) is 24.8. The van der Waals surface area contributed by atoms with Gasteiger partial charge in [0.15, 0.2) is 5.82 Å². The van der Waals surface area contributed by atoms with Crippen molar-refractivity contribution in [3.05, 3.63) is 64.8 Å². The van der Waals surface area contributed by atoms with Crippen LogP contribution >= 0.6 is 11.6 Å². The average molecular weight is 610 g/mol. The van der Waals surface area contributed by atoms with Crippen LogP contribution in [0.4, 0.5) is 16.6 Å². The minimum atomic E-state index is -3.94. The number of benzene rings is 2. The number of hydrogen-bond donors (Lipinski definition) is 4. The number of hydrogen-bond acceptors (Lipinski definition) is 8. The summed E-state index contributed by atoms with van der Waals surface area (Å²) in [5.41, 5.74) is 4.20. The zero-order chi connectivity index (χ0) is 29.9. The molecule has 13 heteroatoms. The van der Waals surface area contributed by atoms with Gasteiger partial charge in [-0.1, -0.05) is 37.6 Å². The van der Waals surface area contributed by atoms with Gasteiger partial charge in [-0.3, -0.25) is 4.72 Å². The molecule has 42 heavy (non-hydrogen) atoms. The number of fused-ring (bicyclic) bond motifs is 1. The second-order valence-corrected chi connectivity index (χ2v) is 12.3. The lowest BCUT2D eigenvalue weighted by molar-refractivity contribution is 0.185. The molecule has 0 bridgehead atoms. The van der Waals surface area contributed by atoms with Crippen LogP contribution in [0.1, 0.15) is 50.7 Å². The Bertz CT molecular complexity index is 1730. The van der Waals surface area contributed by atoms with E-state index in [4.69, 9.17) is 21.7 Å². The van der Waals surface area contributed by atoms with Crippen molar-refractivity contribution in [3.63, 3.8) is 0 Å². The molecule has 0 atom stereocenters. The molecule has 11 nitrogen and oxygen atoms in total. The van der Waals surface area contributed by atoms with Gasteiger partial charge in [0.1, 0.15) is 4.90 Å². The van der Waals surface area contributed by atoms with E-state index in [0.717, 1.165) is 59.7 Å². The first-order valence-electron chi connectivity index (χ1n) is 13.9. The number of anilines is 2. The van der Waals surface area contributed by atoms with E-state index in [9.17, 15) is 13.2 Å². The molecule has 0 saturated heterocycles. The Kier molecular flexibility index (Phi) is 8.74. The van der Waals surface area contributed by atoms with Gasteiger partial charge in [0.25, 0.3) is 10.0 Å². The normalized spacial score (nSPS) is 17.1. The van der Waals surface area contributed by atoms with E-state index < -0.39 is 16.1 Å². The number of carbonyl (C=O) groups is 1. The van der Waals surface area contributed by atoms with Crippen molar-refractivity contribution in [3.8, 4) is 11.3 Å². The van der Waals surface area contributed by atoms with E-state index in [-0.39, 0.29) is 27.8 Å². The summed E-state index contributed by atoms with van der Waals surface area (Å²) in [4.78, 5) is 20.3. The van der Waals surface area contributed by atoms with E-state index in [2.05, 4.69) is 37.5 Å². The van der Waals surface area contributed by atoms with Crippen LogP contribution in [0.3, 0.4) is 0 Å². The van der Waals surface area contributed by atoms with Crippen LogP contribution in [0.5, 0.6) is 0 Å². The summed E-state index contributed by atoms with van der Waals surface area (Å²) >= 11 is 6.10. The van der Waals surface area contributed by atoms with Gasteiger partial charge in [0, 0.05) is 29.2 Å². The molecule has 0 aliphatic heterocycles. The van der Waals surface area contributed by atoms with Crippen molar-refractivity contribution in [2.45, 2.75) is 69.4 Å². The molecular formula is C29H32ClN7O4S. The van der Waals surface area contributed by atoms with Crippen LogP contribution in [-0.4, -0.2) is 51.9 Å². The Morgan fingerprint density at radius 1 is 1.00 bits per heavy atom. The highest BCUT2D eigenvalue weighted by Gasteiger charge is 2.23. The van der Waals surface area contributed by atoms with Gasteiger partial charge in [-0.05, 0) is 80.0 Å². The number of amides is 1. The van der Waals surface area contributed by atoms with Crippen molar-refractivity contribution in [1.29, 1.82) is 0 Å². The highest BCUT2D eigenvalue weighted by atomic mass is 35.5. The Balaban J connectivity index is 1.38. The molecule has 2 aromatic heterocycles. The smallest absolute Gasteiger partial charge is 0.404 e. The van der Waals surface area contributed by atoms with Crippen LogP contribution in [0.25, 0.3) is 22.2 Å². The van der Waals surface area contributed by atoms with Crippen LogP contribution in [-0.2, 0) is 22.9 Å². The maximum absolute atomic E-state index is 12.9. The molecule has 4 N–H and O–H groups in total. The first-order valence-corrected chi connectivity index (χ1v) is 15.7. The largest absolute Gasteiger partial charge is 0.465 e. The van der Waals surface area contributed by atoms with Crippen molar-refractivity contribution in [2.24, 2.45) is 0 Å². The second-order valence-electron chi connectivity index (χ2n) is 10.3. The highest BCUT2D eigenvalue weighted by Crippen LogP contribution is 2.31. The molecule has 0 spiro atoms. The SMILES string of the molecule is CCc1cc(NS(=O)(=O)c2ccccc2Cl)nnc1-c1cc(CC)c2nc(N[C@H]3CC[C@H](NC(=O)O)CC3)ncc2c1. The van der Waals surface area contributed by atoms with Crippen LogP contribution in [0, 0.1) is 0 Å². The zero-order valence-electron chi connectivity index (χ0n) is 23.3. The first kappa shape index (κ1) is 29.5. The van der Waals surface area contributed by atoms with E-state index in [1.165, 1.54) is 12.1 Å². The molecule has 2 heterocycles. The van der Waals surface area contributed by atoms with Gasteiger partial charge in [-0.15, -0.1) is 10.2 Å². The molecular weight excluding hydrogens is 578 g/mol. The lowest BCUT2D eigenvalue weighted by Gasteiger charge is -2.28. The lowest BCUT2D eigenvalue weighted by Crippen LogP contribution is -2.39. The molecule has 1 aliphatic rings. The molecule has 4 aromatic rings. The minimum absolute atomic E-state index is 0.0177. The summed E-state index contributed by atoms with van der Waals surface area (Å²) in [5, 5.41) is 24.5. The van der Waals surface area contributed by atoms with Crippen LogP contribution < -0.4 is 15.4 Å². The summed E-state index contributed by atoms with van der Waals surface area (Å²) in [6.45, 7) is 4.03. The first-order chi connectivity index (χ1) is 20.2. The van der Waals surface area contributed by atoms with Crippen molar-refractivity contribution in [1.82, 2.24) is 25.5 Å². The fourth-order valence-electron chi connectivity index (χ4n) is 5.28. The van der Waals surface area contributed by atoms with Crippen LogP contribution in [0.15, 0.2) is 53.6 Å². The molecule has 1 aliphatic carbocycles. The standard InChI is InChI=1S/C29H32ClN7O4S/c1-3-17-13-19(14-20-16-31-28(34-26(17)20)32-21-9-11-22(12-10-21)33-29(38)39)27-18(4-2)15-25(35-36-27)37-42(40,41)24-8-6-5-7-23(24)30/h5-8,13-16,21-22,33H,3-4,9-12H2,1-2H3,(H,35,37)(H,38,39)(H,31,32,34)/t21-,22-. The third kappa shape index (κ3) is 6.55. The van der Waals surface area contributed by atoms with Crippen LogP contribution in [0.2, 0.25) is 5.02 Å². The maximum atomic E-state index is 12.9. The summed E-state index contributed by atoms with van der Waals surface area (Å²) in [6.07, 6.45) is 5.33. The molecule has 0 unspecified atom stereocenters. The molecule has 1 fully saturated rings. The van der Waals surface area contributed by atoms with Gasteiger partial charge < -0.3 is 15.7 Å². The van der Waals surface area contributed by atoms with Crippen molar-refractivity contribution < 1.29 is 18.3 Å². The van der Waals surface area contributed by atoms with E-state index >= 15 is 0 Å². The summed E-state index contributed by atoms with van der Waals surface area (Å²) in [6, 6.07) is 12.1. The van der Waals surface area contributed by atoms with Crippen molar-refractivity contribution in [2.75, 3.05) is 10.0 Å². The summed E-state index contributed by atoms with van der Waals surface area (Å²) in [5.74, 6) is 0.655. The number of carboxylic acid groups (broad SMARTS) is 1. The molecule has 5 rings (SSSR count). The van der Waals surface area contributed by atoms with E-state index in [1.54, 1.807) is 24.4 Å². The number of rotatable bonds is 9. The molecule has 1 amide bonds. The van der Waals surface area contributed by atoms with Gasteiger partial charge in [-0.2, -0.15) is 0 Å². The topological polar surface area (TPSA) is 159 Å². The third-order valence-corrected chi connectivity index (χ3v) is 9.28. The quantitative estimate of drug-likeness (QED) is 0.188. The average Bonchev–Trinajstić information content (AvgIpc) is 2.97. The number of aromatic nitrogens is 4. The number of halogens is 1. The summed E-state index contributed by atoms with van der Waals surface area (Å²) in [7, 11) is -3.94. The Hall–Kier alpha value is -4.03. The number of nitrogens with zero attached hydrogens (tertiary/aromatic N) is 4. The van der Waals surface area contributed by atoms with Gasteiger partial charge >= 0.3 is 6.09 Å². The molecule has 2 aromatic carbocycles. The number of aryl methyl sites for hydroxylation is 2. The molecule has 220 valence electrons. The number of nitrogens with one attached hydrogen (secondary N) is 3. The summed E-state index contributed by atoms with van der Waals surface area (Å²) < 4.78 is 28.3. The van der Waals surface area contributed by atoms with E-state index in [1.807, 2.05) is 19.1 Å². The second kappa shape index (κ2) is 12.5. The number of sulfonamides is 1. The lowest BCUT2D eigenvalue weighted by atomic mass is 9.91. The van der Waals surface area contributed by atoms with Gasteiger partial charge in [0.2, 0.25) is 5.95 Å². The Morgan fingerprint density at radius 3 is 2.40 bits per heavy atom. The van der Waals surface area contributed by atoms with Gasteiger partial charge in [-0.25, -0.2) is 23.2 Å². The monoisotopic (exact) mass is 609 g/mol. The van der Waals surface area contributed by atoms with E-state index in [0.29, 0.717) is 18.1 Å². The third-order valence-electron chi connectivity index (χ3n) is 7.42.